The first-order valence-electron chi connectivity index (χ1n) is 7.66. The Labute approximate surface area is 117 Å². The Morgan fingerprint density at radius 3 is 2.89 bits per heavy atom. The van der Waals surface area contributed by atoms with Gasteiger partial charge >= 0.3 is 0 Å². The normalized spacial score (nSPS) is 15.9. The molecule has 1 aliphatic rings. The lowest BCUT2D eigenvalue weighted by atomic mass is 10.1. The maximum absolute atomic E-state index is 4.51. The molecule has 0 saturated heterocycles. The fraction of sp³-hybridized carbons (Fsp3) is 0.688. The van der Waals surface area contributed by atoms with Crippen molar-refractivity contribution in [2.75, 3.05) is 25.0 Å². The van der Waals surface area contributed by atoms with Gasteiger partial charge in [0.25, 0.3) is 0 Å². The Morgan fingerprint density at radius 2 is 2.16 bits per heavy atom. The van der Waals surface area contributed by atoms with E-state index in [0.717, 1.165) is 31.4 Å². The monoisotopic (exact) mass is 261 g/mol. The van der Waals surface area contributed by atoms with Gasteiger partial charge < -0.3 is 10.2 Å². The lowest BCUT2D eigenvalue weighted by Gasteiger charge is -2.22. The summed E-state index contributed by atoms with van der Waals surface area (Å²) in [6.45, 7) is 5.37. The van der Waals surface area contributed by atoms with E-state index in [2.05, 4.69) is 41.3 Å². The molecule has 1 aliphatic carbocycles. The molecule has 0 bridgehead atoms. The maximum Gasteiger partial charge on any atom is 0.128 e. The van der Waals surface area contributed by atoms with Crippen molar-refractivity contribution in [1.82, 2.24) is 10.3 Å². The van der Waals surface area contributed by atoms with Crippen LogP contribution in [0.5, 0.6) is 0 Å². The van der Waals surface area contributed by atoms with E-state index in [0.29, 0.717) is 0 Å². The molecular formula is C16H27N3. The van der Waals surface area contributed by atoms with Gasteiger partial charge in [0.05, 0.1) is 0 Å². The summed E-state index contributed by atoms with van der Waals surface area (Å²) in [7, 11) is 2.17. The van der Waals surface area contributed by atoms with Crippen LogP contribution < -0.4 is 10.2 Å². The van der Waals surface area contributed by atoms with E-state index in [4.69, 9.17) is 0 Å². The van der Waals surface area contributed by atoms with Crippen LogP contribution in [0.4, 0.5) is 5.82 Å². The Kier molecular flexibility index (Phi) is 5.64. The van der Waals surface area contributed by atoms with Crippen LogP contribution in [0.25, 0.3) is 0 Å². The Balaban J connectivity index is 1.89. The molecule has 0 aliphatic heterocycles. The number of nitrogens with zero attached hydrogens (tertiary/aromatic N) is 2. The molecule has 0 spiro atoms. The molecule has 1 saturated carbocycles. The average molecular weight is 261 g/mol. The van der Waals surface area contributed by atoms with Crippen LogP contribution in [0, 0.1) is 5.92 Å². The fourth-order valence-corrected chi connectivity index (χ4v) is 2.86. The van der Waals surface area contributed by atoms with Crippen molar-refractivity contribution in [3.05, 3.63) is 23.9 Å². The third kappa shape index (κ3) is 4.50. The molecule has 106 valence electrons. The molecule has 1 N–H and O–H groups in total. The van der Waals surface area contributed by atoms with Crippen LogP contribution in [0.15, 0.2) is 18.3 Å². The van der Waals surface area contributed by atoms with Crippen molar-refractivity contribution in [3.63, 3.8) is 0 Å². The molecule has 0 amide bonds. The van der Waals surface area contributed by atoms with Crippen molar-refractivity contribution in [2.24, 2.45) is 5.92 Å². The predicted molar refractivity (Wildman–Crippen MR) is 81.5 cm³/mol. The summed E-state index contributed by atoms with van der Waals surface area (Å²) < 4.78 is 0. The summed E-state index contributed by atoms with van der Waals surface area (Å²) in [5.41, 5.74) is 1.33. The third-order valence-corrected chi connectivity index (χ3v) is 3.96. The van der Waals surface area contributed by atoms with Crippen molar-refractivity contribution < 1.29 is 0 Å². The molecule has 1 aromatic rings. The first kappa shape index (κ1) is 14.3. The van der Waals surface area contributed by atoms with Crippen LogP contribution in [-0.4, -0.2) is 25.1 Å². The van der Waals surface area contributed by atoms with E-state index in [1.165, 1.54) is 37.7 Å². The highest BCUT2D eigenvalue weighted by Crippen LogP contribution is 2.26. The quantitative estimate of drug-likeness (QED) is 0.764. The fourth-order valence-electron chi connectivity index (χ4n) is 2.86. The summed E-state index contributed by atoms with van der Waals surface area (Å²) in [5, 5.41) is 3.44. The number of rotatable bonds is 7. The first-order valence-corrected chi connectivity index (χ1v) is 7.66. The minimum absolute atomic E-state index is 0.869. The van der Waals surface area contributed by atoms with Gasteiger partial charge in [-0.2, -0.15) is 0 Å². The number of hydrogen-bond donors (Lipinski definition) is 1. The summed E-state index contributed by atoms with van der Waals surface area (Å²) >= 11 is 0. The Hall–Kier alpha value is -1.09. The van der Waals surface area contributed by atoms with Crippen molar-refractivity contribution >= 4 is 5.82 Å². The van der Waals surface area contributed by atoms with E-state index in [1.807, 2.05) is 6.20 Å². The number of aromatic nitrogens is 1. The zero-order valence-corrected chi connectivity index (χ0v) is 12.4. The maximum atomic E-state index is 4.51. The van der Waals surface area contributed by atoms with Gasteiger partial charge in [-0.15, -0.1) is 0 Å². The van der Waals surface area contributed by atoms with Crippen LogP contribution in [0.2, 0.25) is 0 Å². The van der Waals surface area contributed by atoms with Crippen molar-refractivity contribution in [3.8, 4) is 0 Å². The summed E-state index contributed by atoms with van der Waals surface area (Å²) in [5.74, 6) is 1.98. The molecule has 19 heavy (non-hydrogen) atoms. The van der Waals surface area contributed by atoms with E-state index in [-0.39, 0.29) is 0 Å². The lowest BCUT2D eigenvalue weighted by molar-refractivity contribution is 0.545. The number of pyridine rings is 1. The SMILES string of the molecule is CCCNCc1ccnc(N(C)CC2CCCC2)c1. The smallest absolute Gasteiger partial charge is 0.128 e. The molecule has 3 heteroatoms. The average Bonchev–Trinajstić information content (AvgIpc) is 2.92. The van der Waals surface area contributed by atoms with Gasteiger partial charge in [0.1, 0.15) is 5.82 Å². The molecule has 0 radical (unpaired) electrons. The second kappa shape index (κ2) is 7.49. The third-order valence-electron chi connectivity index (χ3n) is 3.96. The van der Waals surface area contributed by atoms with Gasteiger partial charge in [-0.3, -0.25) is 0 Å². The van der Waals surface area contributed by atoms with E-state index in [9.17, 15) is 0 Å². The minimum Gasteiger partial charge on any atom is -0.359 e. The second-order valence-corrected chi connectivity index (χ2v) is 5.73. The Morgan fingerprint density at radius 1 is 1.37 bits per heavy atom. The Bertz CT molecular complexity index is 372. The molecule has 1 aromatic heterocycles. The van der Waals surface area contributed by atoms with Crippen LogP contribution in [0.1, 0.15) is 44.6 Å². The first-order chi connectivity index (χ1) is 9.29. The summed E-state index contributed by atoms with van der Waals surface area (Å²) in [4.78, 5) is 6.83. The van der Waals surface area contributed by atoms with Gasteiger partial charge in [0.15, 0.2) is 0 Å². The van der Waals surface area contributed by atoms with Crippen LogP contribution >= 0.6 is 0 Å². The van der Waals surface area contributed by atoms with Gasteiger partial charge in [-0.05, 0) is 49.4 Å². The molecule has 0 unspecified atom stereocenters. The zero-order valence-electron chi connectivity index (χ0n) is 12.4. The molecule has 2 rings (SSSR count). The van der Waals surface area contributed by atoms with E-state index < -0.39 is 0 Å². The highest BCUT2D eigenvalue weighted by molar-refractivity contribution is 5.40. The zero-order chi connectivity index (χ0) is 13.5. The highest BCUT2D eigenvalue weighted by Gasteiger charge is 2.17. The molecule has 0 aromatic carbocycles. The van der Waals surface area contributed by atoms with Gasteiger partial charge in [-0.25, -0.2) is 4.98 Å². The highest BCUT2D eigenvalue weighted by atomic mass is 15.2. The van der Waals surface area contributed by atoms with E-state index >= 15 is 0 Å². The second-order valence-electron chi connectivity index (χ2n) is 5.73. The molecule has 0 atom stereocenters. The molecule has 1 fully saturated rings. The van der Waals surface area contributed by atoms with Gasteiger partial charge in [-0.1, -0.05) is 19.8 Å². The number of hydrogen-bond acceptors (Lipinski definition) is 3. The largest absolute Gasteiger partial charge is 0.359 e. The lowest BCUT2D eigenvalue weighted by Crippen LogP contribution is -2.25. The van der Waals surface area contributed by atoms with Gasteiger partial charge in [0.2, 0.25) is 0 Å². The molecular weight excluding hydrogens is 234 g/mol. The standard InChI is InChI=1S/C16H27N3/c1-3-9-17-12-15-8-10-18-16(11-15)19(2)13-14-6-4-5-7-14/h8,10-11,14,17H,3-7,9,12-13H2,1-2H3. The minimum atomic E-state index is 0.869. The van der Waals surface area contributed by atoms with Crippen molar-refractivity contribution in [1.29, 1.82) is 0 Å². The van der Waals surface area contributed by atoms with Crippen LogP contribution in [-0.2, 0) is 6.54 Å². The predicted octanol–water partition coefficient (Wildman–Crippen LogP) is 3.21. The summed E-state index contributed by atoms with van der Waals surface area (Å²) in [6.07, 6.45) is 8.72. The summed E-state index contributed by atoms with van der Waals surface area (Å²) in [6, 6.07) is 4.33. The van der Waals surface area contributed by atoms with Crippen LogP contribution in [0.3, 0.4) is 0 Å². The number of nitrogens with one attached hydrogen (secondary N) is 1. The van der Waals surface area contributed by atoms with Crippen molar-refractivity contribution in [2.45, 2.75) is 45.6 Å². The van der Waals surface area contributed by atoms with Gasteiger partial charge in [0, 0.05) is 26.3 Å². The number of anilines is 1. The topological polar surface area (TPSA) is 28.2 Å². The molecule has 3 nitrogen and oxygen atoms in total. The molecule has 1 heterocycles. The van der Waals surface area contributed by atoms with E-state index in [1.54, 1.807) is 0 Å².